The van der Waals surface area contributed by atoms with E-state index in [1.807, 2.05) is 14.1 Å². The second kappa shape index (κ2) is 5.57. The molecule has 0 heterocycles. The summed E-state index contributed by atoms with van der Waals surface area (Å²) < 4.78 is 0. The molecule has 0 spiro atoms. The Kier molecular flexibility index (Phi) is 4.78. The molecule has 1 rings (SSSR count). The second-order valence-corrected chi connectivity index (χ2v) is 6.75. The fraction of sp³-hybridized carbons (Fsp3) is 0.929. The number of hydrogen-bond acceptors (Lipinski definition) is 3. The summed E-state index contributed by atoms with van der Waals surface area (Å²) in [5.74, 6) is 0.570. The number of nitrogens with two attached hydrogens (primary N) is 1. The Balaban J connectivity index is 2.55. The van der Waals surface area contributed by atoms with Gasteiger partial charge in [0.05, 0.1) is 5.54 Å². The van der Waals surface area contributed by atoms with Crippen molar-refractivity contribution in [2.45, 2.75) is 57.5 Å². The predicted octanol–water partition coefficient (Wildman–Crippen LogP) is 1.35. The lowest BCUT2D eigenvalue weighted by Crippen LogP contribution is -2.59. The Labute approximate surface area is 111 Å². The summed E-state index contributed by atoms with van der Waals surface area (Å²) in [6.07, 6.45) is 3.87. The molecular weight excluding hydrogens is 226 g/mol. The lowest BCUT2D eigenvalue weighted by molar-refractivity contribution is -0.128. The van der Waals surface area contributed by atoms with E-state index < -0.39 is 5.54 Å². The molecule has 0 saturated heterocycles. The second-order valence-electron chi connectivity index (χ2n) is 6.75. The summed E-state index contributed by atoms with van der Waals surface area (Å²) in [6, 6.07) is 0. The number of nitrogens with zero attached hydrogens (tertiary/aromatic N) is 1. The number of likely N-dealkylation sites (N-methyl/N-ethyl adjacent to an activating group) is 1. The molecule has 1 aliphatic carbocycles. The first-order valence-corrected chi connectivity index (χ1v) is 6.92. The first kappa shape index (κ1) is 15.4. The SMILES string of the molecule is CC1CCCC(N)(C(=O)NCC(C)(C)N(C)C)C1. The third kappa shape index (κ3) is 3.69. The van der Waals surface area contributed by atoms with Gasteiger partial charge in [-0.3, -0.25) is 4.79 Å². The zero-order valence-corrected chi connectivity index (χ0v) is 12.5. The molecule has 2 unspecified atom stereocenters. The van der Waals surface area contributed by atoms with Crippen LogP contribution in [-0.2, 0) is 4.79 Å². The van der Waals surface area contributed by atoms with E-state index in [0.717, 1.165) is 19.3 Å². The molecule has 0 aliphatic heterocycles. The zero-order valence-electron chi connectivity index (χ0n) is 12.5. The highest BCUT2D eigenvalue weighted by molar-refractivity contribution is 5.86. The number of hydrogen-bond donors (Lipinski definition) is 2. The van der Waals surface area contributed by atoms with Crippen molar-refractivity contribution in [1.82, 2.24) is 10.2 Å². The van der Waals surface area contributed by atoms with Crippen molar-refractivity contribution in [3.05, 3.63) is 0 Å². The van der Waals surface area contributed by atoms with Crippen LogP contribution in [0, 0.1) is 5.92 Å². The Morgan fingerprint density at radius 3 is 2.61 bits per heavy atom. The molecule has 18 heavy (non-hydrogen) atoms. The number of nitrogens with one attached hydrogen (secondary N) is 1. The topological polar surface area (TPSA) is 58.4 Å². The van der Waals surface area contributed by atoms with Crippen LogP contribution in [0.5, 0.6) is 0 Å². The first-order valence-electron chi connectivity index (χ1n) is 6.92. The van der Waals surface area contributed by atoms with E-state index in [2.05, 4.69) is 31.0 Å². The van der Waals surface area contributed by atoms with Crippen molar-refractivity contribution in [2.24, 2.45) is 11.7 Å². The Bertz CT molecular complexity index is 301. The van der Waals surface area contributed by atoms with Gasteiger partial charge in [-0.2, -0.15) is 0 Å². The maximum absolute atomic E-state index is 12.3. The number of carbonyl (C=O) groups excluding carboxylic acids is 1. The van der Waals surface area contributed by atoms with E-state index in [-0.39, 0.29) is 11.4 Å². The average Bonchev–Trinajstić information content (AvgIpc) is 2.25. The molecule has 0 aromatic rings. The van der Waals surface area contributed by atoms with E-state index in [1.54, 1.807) is 0 Å². The minimum atomic E-state index is -0.653. The minimum Gasteiger partial charge on any atom is -0.353 e. The van der Waals surface area contributed by atoms with Crippen molar-refractivity contribution in [3.63, 3.8) is 0 Å². The number of amides is 1. The molecule has 0 radical (unpaired) electrons. The van der Waals surface area contributed by atoms with Crippen LogP contribution in [0.1, 0.15) is 46.5 Å². The lowest BCUT2D eigenvalue weighted by atomic mass is 9.76. The molecule has 106 valence electrons. The van der Waals surface area contributed by atoms with Crippen LogP contribution in [0.2, 0.25) is 0 Å². The van der Waals surface area contributed by atoms with Crippen molar-refractivity contribution in [1.29, 1.82) is 0 Å². The largest absolute Gasteiger partial charge is 0.353 e. The summed E-state index contributed by atoms with van der Waals surface area (Å²) >= 11 is 0. The molecule has 4 nitrogen and oxygen atoms in total. The van der Waals surface area contributed by atoms with E-state index in [1.165, 1.54) is 6.42 Å². The van der Waals surface area contributed by atoms with Crippen LogP contribution in [-0.4, -0.2) is 42.5 Å². The van der Waals surface area contributed by atoms with E-state index in [9.17, 15) is 4.79 Å². The summed E-state index contributed by atoms with van der Waals surface area (Å²) in [4.78, 5) is 14.4. The van der Waals surface area contributed by atoms with Gasteiger partial charge in [-0.1, -0.05) is 19.8 Å². The van der Waals surface area contributed by atoms with E-state index in [0.29, 0.717) is 12.5 Å². The minimum absolute atomic E-state index is 0.0176. The van der Waals surface area contributed by atoms with Crippen molar-refractivity contribution in [2.75, 3.05) is 20.6 Å². The fourth-order valence-electron chi connectivity index (χ4n) is 2.43. The fourth-order valence-corrected chi connectivity index (χ4v) is 2.43. The highest BCUT2D eigenvalue weighted by atomic mass is 16.2. The Hall–Kier alpha value is -0.610. The van der Waals surface area contributed by atoms with Crippen LogP contribution < -0.4 is 11.1 Å². The molecule has 0 aromatic heterocycles. The van der Waals surface area contributed by atoms with Crippen LogP contribution in [0.3, 0.4) is 0 Å². The van der Waals surface area contributed by atoms with Gasteiger partial charge in [0, 0.05) is 12.1 Å². The average molecular weight is 255 g/mol. The standard InChI is InChI=1S/C14H29N3O/c1-11-7-6-8-14(15,9-11)12(18)16-10-13(2,3)17(4)5/h11H,6-10,15H2,1-5H3,(H,16,18). The highest BCUT2D eigenvalue weighted by Gasteiger charge is 2.38. The molecule has 1 amide bonds. The molecular formula is C14H29N3O. The molecule has 4 heteroatoms. The maximum atomic E-state index is 12.3. The van der Waals surface area contributed by atoms with Crippen molar-refractivity contribution >= 4 is 5.91 Å². The quantitative estimate of drug-likeness (QED) is 0.797. The van der Waals surface area contributed by atoms with Gasteiger partial charge < -0.3 is 16.0 Å². The number of carbonyl (C=O) groups is 1. The van der Waals surface area contributed by atoms with E-state index >= 15 is 0 Å². The normalized spacial score (nSPS) is 29.4. The molecule has 1 aliphatic rings. The van der Waals surface area contributed by atoms with Gasteiger partial charge in [-0.05, 0) is 46.7 Å². The molecule has 0 bridgehead atoms. The summed E-state index contributed by atoms with van der Waals surface area (Å²) in [7, 11) is 4.04. The molecule has 1 fully saturated rings. The summed E-state index contributed by atoms with van der Waals surface area (Å²) in [5, 5.41) is 3.03. The first-order chi connectivity index (χ1) is 8.17. The van der Waals surface area contributed by atoms with Gasteiger partial charge in [0.2, 0.25) is 5.91 Å². The van der Waals surface area contributed by atoms with Gasteiger partial charge in [0.15, 0.2) is 0 Å². The maximum Gasteiger partial charge on any atom is 0.240 e. The Morgan fingerprint density at radius 2 is 2.11 bits per heavy atom. The smallest absolute Gasteiger partial charge is 0.240 e. The van der Waals surface area contributed by atoms with Crippen LogP contribution in [0.15, 0.2) is 0 Å². The molecule has 2 atom stereocenters. The highest BCUT2D eigenvalue weighted by Crippen LogP contribution is 2.30. The van der Waals surface area contributed by atoms with Crippen LogP contribution in [0.4, 0.5) is 0 Å². The molecule has 1 saturated carbocycles. The monoisotopic (exact) mass is 255 g/mol. The zero-order chi connectivity index (χ0) is 14.0. The predicted molar refractivity (Wildman–Crippen MR) is 75.3 cm³/mol. The van der Waals surface area contributed by atoms with Crippen LogP contribution in [0.25, 0.3) is 0 Å². The van der Waals surface area contributed by atoms with Gasteiger partial charge in [0.1, 0.15) is 0 Å². The Morgan fingerprint density at radius 1 is 1.50 bits per heavy atom. The lowest BCUT2D eigenvalue weighted by Gasteiger charge is -2.38. The van der Waals surface area contributed by atoms with E-state index in [4.69, 9.17) is 5.73 Å². The van der Waals surface area contributed by atoms with Crippen LogP contribution >= 0.6 is 0 Å². The van der Waals surface area contributed by atoms with Gasteiger partial charge in [-0.25, -0.2) is 0 Å². The number of rotatable bonds is 4. The van der Waals surface area contributed by atoms with Crippen molar-refractivity contribution in [3.8, 4) is 0 Å². The van der Waals surface area contributed by atoms with Crippen molar-refractivity contribution < 1.29 is 4.79 Å². The third-order valence-corrected chi connectivity index (χ3v) is 4.38. The van der Waals surface area contributed by atoms with Gasteiger partial charge in [0.25, 0.3) is 0 Å². The summed E-state index contributed by atoms with van der Waals surface area (Å²) in [5.41, 5.74) is 5.57. The van der Waals surface area contributed by atoms with Gasteiger partial charge >= 0.3 is 0 Å². The molecule has 3 N–H and O–H groups in total. The summed E-state index contributed by atoms with van der Waals surface area (Å²) in [6.45, 7) is 7.03. The third-order valence-electron chi connectivity index (χ3n) is 4.38. The molecule has 0 aromatic carbocycles. The van der Waals surface area contributed by atoms with Gasteiger partial charge in [-0.15, -0.1) is 0 Å².